The van der Waals surface area contributed by atoms with E-state index in [1.807, 2.05) is 18.2 Å². The van der Waals surface area contributed by atoms with E-state index in [4.69, 9.17) is 4.74 Å². The van der Waals surface area contributed by atoms with Crippen molar-refractivity contribution in [2.45, 2.75) is 61.6 Å². The molecule has 3 rings (SSSR count). The fourth-order valence-corrected chi connectivity index (χ4v) is 5.16. The second-order valence-electron chi connectivity index (χ2n) is 7.73. The molecule has 2 fully saturated rings. The summed E-state index contributed by atoms with van der Waals surface area (Å²) >= 11 is 1.75. The highest BCUT2D eigenvalue weighted by molar-refractivity contribution is 8.00. The summed E-state index contributed by atoms with van der Waals surface area (Å²) < 4.78 is 5.55. The van der Waals surface area contributed by atoms with Crippen molar-refractivity contribution < 1.29 is 9.53 Å². The molecule has 0 aromatic heterocycles. The van der Waals surface area contributed by atoms with Gasteiger partial charge in [0.25, 0.3) is 5.91 Å². The van der Waals surface area contributed by atoms with Crippen LogP contribution in [0.3, 0.4) is 0 Å². The minimum atomic E-state index is 0.0620. The third kappa shape index (κ3) is 4.81. The van der Waals surface area contributed by atoms with Gasteiger partial charge in [0.2, 0.25) is 0 Å². The van der Waals surface area contributed by atoms with Gasteiger partial charge in [0.05, 0.1) is 18.8 Å². The Kier molecular flexibility index (Phi) is 7.01. The first-order valence-corrected chi connectivity index (χ1v) is 10.9. The predicted octanol–water partition coefficient (Wildman–Crippen LogP) is 3.95. The molecule has 26 heavy (non-hydrogen) atoms. The molecule has 144 valence electrons. The number of nitrogens with zero attached hydrogens (tertiary/aromatic N) is 1. The first-order chi connectivity index (χ1) is 12.6. The van der Waals surface area contributed by atoms with Gasteiger partial charge in [0.1, 0.15) is 0 Å². The third-order valence-corrected chi connectivity index (χ3v) is 6.62. The van der Waals surface area contributed by atoms with Crippen molar-refractivity contribution in [1.82, 2.24) is 10.2 Å². The molecular weight excluding hydrogens is 344 g/mol. The number of hydrogen-bond donors (Lipinski definition) is 1. The molecule has 4 nitrogen and oxygen atoms in total. The molecule has 1 aliphatic heterocycles. The molecular formula is C21H32N2O2S. The molecule has 1 aromatic carbocycles. The van der Waals surface area contributed by atoms with E-state index in [1.54, 1.807) is 11.8 Å². The van der Waals surface area contributed by atoms with Gasteiger partial charge in [-0.05, 0) is 25.0 Å². The smallest absolute Gasteiger partial charge is 0.252 e. The minimum absolute atomic E-state index is 0.0620. The summed E-state index contributed by atoms with van der Waals surface area (Å²) in [6, 6.07) is 7.97. The van der Waals surface area contributed by atoms with Crippen LogP contribution in [0.1, 0.15) is 56.3 Å². The second kappa shape index (κ2) is 9.25. The zero-order chi connectivity index (χ0) is 18.4. The largest absolute Gasteiger partial charge is 0.379 e. The van der Waals surface area contributed by atoms with Crippen LogP contribution in [-0.4, -0.2) is 54.4 Å². The summed E-state index contributed by atoms with van der Waals surface area (Å²) in [5, 5.41) is 3.75. The lowest BCUT2D eigenvalue weighted by atomic mass is 9.79. The fourth-order valence-electron chi connectivity index (χ4n) is 4.20. The van der Waals surface area contributed by atoms with Crippen LogP contribution < -0.4 is 5.32 Å². The standard InChI is InChI=1S/C21H32N2O2S/c1-17(2)26-19-9-5-4-8-18(19)20(24)22-16-21(10-6-3-7-11-21)23-12-14-25-15-13-23/h4-5,8-9,17H,3,6-7,10-16H2,1-2H3,(H,22,24). The van der Waals surface area contributed by atoms with E-state index in [0.29, 0.717) is 5.25 Å². The summed E-state index contributed by atoms with van der Waals surface area (Å²) in [4.78, 5) is 16.6. The van der Waals surface area contributed by atoms with Gasteiger partial charge in [-0.15, -0.1) is 11.8 Å². The highest BCUT2D eigenvalue weighted by Gasteiger charge is 2.38. The predicted molar refractivity (Wildman–Crippen MR) is 108 cm³/mol. The molecule has 0 spiro atoms. The van der Waals surface area contributed by atoms with E-state index in [0.717, 1.165) is 43.3 Å². The van der Waals surface area contributed by atoms with Crippen molar-refractivity contribution in [3.63, 3.8) is 0 Å². The molecule has 2 aliphatic rings. The average molecular weight is 377 g/mol. The first-order valence-electron chi connectivity index (χ1n) is 9.97. The Bertz CT molecular complexity index is 593. The maximum absolute atomic E-state index is 12.9. The van der Waals surface area contributed by atoms with Gasteiger partial charge in [0.15, 0.2) is 0 Å². The normalized spacial score (nSPS) is 20.9. The lowest BCUT2D eigenvalue weighted by Crippen LogP contribution is -2.59. The summed E-state index contributed by atoms with van der Waals surface area (Å²) in [6.45, 7) is 8.65. The lowest BCUT2D eigenvalue weighted by Gasteiger charge is -2.48. The number of nitrogens with one attached hydrogen (secondary N) is 1. The monoisotopic (exact) mass is 376 g/mol. The molecule has 1 saturated carbocycles. The lowest BCUT2D eigenvalue weighted by molar-refractivity contribution is -0.0361. The Labute approximate surface area is 162 Å². The molecule has 1 saturated heterocycles. The van der Waals surface area contributed by atoms with E-state index in [1.165, 1.54) is 32.1 Å². The highest BCUT2D eigenvalue weighted by Crippen LogP contribution is 2.34. The number of carbonyl (C=O) groups excluding carboxylic acids is 1. The molecule has 0 atom stereocenters. The van der Waals surface area contributed by atoms with Crippen LogP contribution in [0, 0.1) is 0 Å². The zero-order valence-corrected chi connectivity index (χ0v) is 16.9. The molecule has 1 amide bonds. The molecule has 0 bridgehead atoms. The third-order valence-electron chi connectivity index (χ3n) is 5.54. The number of morpholine rings is 1. The number of thioether (sulfide) groups is 1. The quantitative estimate of drug-likeness (QED) is 0.763. The average Bonchev–Trinajstić information content (AvgIpc) is 2.67. The summed E-state index contributed by atoms with van der Waals surface area (Å²) in [7, 11) is 0. The molecule has 1 aliphatic carbocycles. The maximum Gasteiger partial charge on any atom is 0.252 e. The Morgan fingerprint density at radius 1 is 1.19 bits per heavy atom. The molecule has 1 aromatic rings. The summed E-state index contributed by atoms with van der Waals surface area (Å²) in [6.07, 6.45) is 6.18. The van der Waals surface area contributed by atoms with Crippen molar-refractivity contribution in [2.75, 3.05) is 32.8 Å². The molecule has 1 heterocycles. The number of hydrogen-bond acceptors (Lipinski definition) is 4. The maximum atomic E-state index is 12.9. The Morgan fingerprint density at radius 3 is 2.58 bits per heavy atom. The van der Waals surface area contributed by atoms with E-state index < -0.39 is 0 Å². The topological polar surface area (TPSA) is 41.6 Å². The number of ether oxygens (including phenoxy) is 1. The summed E-state index contributed by atoms with van der Waals surface area (Å²) in [5.41, 5.74) is 0.914. The fraction of sp³-hybridized carbons (Fsp3) is 0.667. The Balaban J connectivity index is 1.70. The first kappa shape index (κ1) is 19.7. The van der Waals surface area contributed by atoms with Gasteiger partial charge in [-0.1, -0.05) is 45.2 Å². The zero-order valence-electron chi connectivity index (χ0n) is 16.1. The van der Waals surface area contributed by atoms with E-state index in [-0.39, 0.29) is 11.4 Å². The van der Waals surface area contributed by atoms with Crippen LogP contribution in [0.5, 0.6) is 0 Å². The van der Waals surface area contributed by atoms with Crippen LogP contribution in [-0.2, 0) is 4.74 Å². The summed E-state index contributed by atoms with van der Waals surface area (Å²) in [5.74, 6) is 0.0620. The molecule has 0 radical (unpaired) electrons. The van der Waals surface area contributed by atoms with E-state index in [9.17, 15) is 4.79 Å². The van der Waals surface area contributed by atoms with Crippen molar-refractivity contribution in [3.8, 4) is 0 Å². The van der Waals surface area contributed by atoms with Gasteiger partial charge >= 0.3 is 0 Å². The van der Waals surface area contributed by atoms with Gasteiger partial charge in [-0.2, -0.15) is 0 Å². The van der Waals surface area contributed by atoms with Crippen LogP contribution >= 0.6 is 11.8 Å². The van der Waals surface area contributed by atoms with Crippen molar-refractivity contribution >= 4 is 17.7 Å². The Morgan fingerprint density at radius 2 is 1.88 bits per heavy atom. The highest BCUT2D eigenvalue weighted by atomic mass is 32.2. The van der Waals surface area contributed by atoms with Crippen molar-refractivity contribution in [2.24, 2.45) is 0 Å². The molecule has 1 N–H and O–H groups in total. The van der Waals surface area contributed by atoms with E-state index >= 15 is 0 Å². The molecule has 5 heteroatoms. The van der Waals surface area contributed by atoms with Crippen LogP contribution in [0.15, 0.2) is 29.2 Å². The number of rotatable bonds is 6. The van der Waals surface area contributed by atoms with E-state index in [2.05, 4.69) is 30.1 Å². The van der Waals surface area contributed by atoms with Crippen molar-refractivity contribution in [1.29, 1.82) is 0 Å². The number of amides is 1. The van der Waals surface area contributed by atoms with Crippen LogP contribution in [0.25, 0.3) is 0 Å². The minimum Gasteiger partial charge on any atom is -0.379 e. The SMILES string of the molecule is CC(C)Sc1ccccc1C(=O)NCC1(N2CCOCC2)CCCCC1. The number of benzene rings is 1. The van der Waals surface area contributed by atoms with Crippen LogP contribution in [0.2, 0.25) is 0 Å². The van der Waals surface area contributed by atoms with Gasteiger partial charge < -0.3 is 10.1 Å². The van der Waals surface area contributed by atoms with Gasteiger partial charge in [-0.25, -0.2) is 0 Å². The second-order valence-corrected chi connectivity index (χ2v) is 9.35. The van der Waals surface area contributed by atoms with Crippen LogP contribution in [0.4, 0.5) is 0 Å². The Hall–Kier alpha value is -1.04. The van der Waals surface area contributed by atoms with Crippen molar-refractivity contribution in [3.05, 3.63) is 29.8 Å². The molecule has 0 unspecified atom stereocenters. The van der Waals surface area contributed by atoms with Gasteiger partial charge in [-0.3, -0.25) is 9.69 Å². The van der Waals surface area contributed by atoms with Gasteiger partial charge in [0, 0.05) is 35.3 Å². The number of carbonyl (C=O) groups is 1.